The average molecular weight is 300 g/mol. The third kappa shape index (κ3) is 1.90. The Kier molecular flexibility index (Phi) is 2.92. The Labute approximate surface area is 127 Å². The number of benzene rings is 1. The maximum atomic E-state index is 12.4. The van der Waals surface area contributed by atoms with Crippen molar-refractivity contribution < 1.29 is 19.1 Å². The molecule has 1 aromatic rings. The zero-order valence-electron chi connectivity index (χ0n) is 11.8. The smallest absolute Gasteiger partial charge is 0.310 e. The molecule has 0 radical (unpaired) electrons. The van der Waals surface area contributed by atoms with Crippen LogP contribution in [-0.2, 0) is 14.3 Å². The van der Waals surface area contributed by atoms with Crippen LogP contribution in [0.25, 0.3) is 0 Å². The highest BCUT2D eigenvalue weighted by molar-refractivity contribution is 5.96. The first-order valence-electron chi connectivity index (χ1n) is 7.51. The number of carbonyl (C=O) groups is 3. The lowest BCUT2D eigenvalue weighted by atomic mass is 9.79. The van der Waals surface area contributed by atoms with Crippen molar-refractivity contribution in [1.82, 2.24) is 10.9 Å². The standard InChI is InChI=1S/C16H16N2O4/c19-14(8-4-2-1-3-5-8)17-18-15(20)12-9-6-10-11(7-9)22-16(21)13(10)12/h1-5,9-13H,6-7H2,(H,17,19)(H,18,20)/t9-,10+,11+,12-,13+/m1/s1. The second-order valence-corrected chi connectivity index (χ2v) is 6.23. The molecule has 5 atom stereocenters. The van der Waals surface area contributed by atoms with Crippen molar-refractivity contribution in [2.45, 2.75) is 18.9 Å². The third-order valence-corrected chi connectivity index (χ3v) is 5.12. The molecule has 4 rings (SSSR count). The third-order valence-electron chi connectivity index (χ3n) is 5.12. The van der Waals surface area contributed by atoms with Gasteiger partial charge in [-0.25, -0.2) is 0 Å². The first kappa shape index (κ1) is 13.3. The molecule has 6 nitrogen and oxygen atoms in total. The van der Waals surface area contributed by atoms with E-state index in [-0.39, 0.29) is 47.6 Å². The predicted octanol–water partition coefficient (Wildman–Crippen LogP) is 0.645. The largest absolute Gasteiger partial charge is 0.462 e. The van der Waals surface area contributed by atoms with Gasteiger partial charge < -0.3 is 4.74 Å². The topological polar surface area (TPSA) is 84.5 Å². The van der Waals surface area contributed by atoms with Crippen LogP contribution in [0.1, 0.15) is 23.2 Å². The minimum Gasteiger partial charge on any atom is -0.462 e. The molecule has 2 amide bonds. The van der Waals surface area contributed by atoms with Crippen molar-refractivity contribution in [2.75, 3.05) is 0 Å². The molecule has 22 heavy (non-hydrogen) atoms. The SMILES string of the molecule is O=C(NNC(=O)[C@@H]1[C@@H]2C[C@@H]3[C@@H]1C(=O)O[C@H]3C2)c1ccccc1. The number of amides is 2. The quantitative estimate of drug-likeness (QED) is 0.620. The molecule has 1 aromatic carbocycles. The summed E-state index contributed by atoms with van der Waals surface area (Å²) in [5.41, 5.74) is 5.35. The molecule has 2 aliphatic carbocycles. The van der Waals surface area contributed by atoms with E-state index in [0.29, 0.717) is 5.56 Å². The van der Waals surface area contributed by atoms with Crippen LogP contribution in [0.15, 0.2) is 30.3 Å². The number of fused-ring (bicyclic) bond motifs is 1. The summed E-state index contributed by atoms with van der Waals surface area (Å²) in [6.45, 7) is 0. The van der Waals surface area contributed by atoms with Crippen molar-refractivity contribution in [3.8, 4) is 0 Å². The fourth-order valence-electron chi connectivity index (χ4n) is 4.23. The fourth-order valence-corrected chi connectivity index (χ4v) is 4.23. The zero-order chi connectivity index (χ0) is 15.3. The Morgan fingerprint density at radius 2 is 1.86 bits per heavy atom. The van der Waals surface area contributed by atoms with E-state index < -0.39 is 0 Å². The van der Waals surface area contributed by atoms with Gasteiger partial charge in [-0.2, -0.15) is 0 Å². The Bertz CT molecular complexity index is 643. The lowest BCUT2D eigenvalue weighted by Crippen LogP contribution is -2.48. The fraction of sp³-hybridized carbons (Fsp3) is 0.438. The van der Waals surface area contributed by atoms with Crippen molar-refractivity contribution in [3.63, 3.8) is 0 Å². The summed E-state index contributed by atoms with van der Waals surface area (Å²) in [4.78, 5) is 36.2. The van der Waals surface area contributed by atoms with Crippen LogP contribution in [-0.4, -0.2) is 23.9 Å². The van der Waals surface area contributed by atoms with Gasteiger partial charge in [0.05, 0.1) is 11.8 Å². The normalized spacial score (nSPS) is 34.4. The second-order valence-electron chi connectivity index (χ2n) is 6.23. The molecule has 2 N–H and O–H groups in total. The van der Waals surface area contributed by atoms with E-state index in [1.165, 1.54) is 0 Å². The predicted molar refractivity (Wildman–Crippen MR) is 75.1 cm³/mol. The summed E-state index contributed by atoms with van der Waals surface area (Å²) in [7, 11) is 0. The van der Waals surface area contributed by atoms with E-state index in [2.05, 4.69) is 10.9 Å². The summed E-state index contributed by atoms with van der Waals surface area (Å²) in [6, 6.07) is 8.64. The number of hydrazine groups is 1. The molecular weight excluding hydrogens is 284 g/mol. The number of nitrogens with one attached hydrogen (secondary N) is 2. The zero-order valence-corrected chi connectivity index (χ0v) is 11.8. The van der Waals surface area contributed by atoms with E-state index in [0.717, 1.165) is 12.8 Å². The van der Waals surface area contributed by atoms with Crippen LogP contribution in [0.3, 0.4) is 0 Å². The Balaban J connectivity index is 1.41. The maximum Gasteiger partial charge on any atom is 0.310 e. The molecule has 1 heterocycles. The summed E-state index contributed by atoms with van der Waals surface area (Å²) in [6.07, 6.45) is 1.63. The van der Waals surface area contributed by atoms with Gasteiger partial charge in [0.15, 0.2) is 0 Å². The highest BCUT2D eigenvalue weighted by atomic mass is 16.6. The first-order chi connectivity index (χ1) is 10.6. The molecule has 6 heteroatoms. The molecule has 3 aliphatic rings. The van der Waals surface area contributed by atoms with Gasteiger partial charge in [0, 0.05) is 11.5 Å². The van der Waals surface area contributed by atoms with Gasteiger partial charge in [0.1, 0.15) is 6.10 Å². The number of hydrogen-bond acceptors (Lipinski definition) is 4. The van der Waals surface area contributed by atoms with E-state index >= 15 is 0 Å². The van der Waals surface area contributed by atoms with Crippen LogP contribution in [0.5, 0.6) is 0 Å². The summed E-state index contributed by atoms with van der Waals surface area (Å²) < 4.78 is 5.31. The minimum atomic E-state index is -0.382. The van der Waals surface area contributed by atoms with Crippen LogP contribution in [0.2, 0.25) is 0 Å². The first-order valence-corrected chi connectivity index (χ1v) is 7.51. The molecule has 1 saturated heterocycles. The van der Waals surface area contributed by atoms with E-state index in [9.17, 15) is 14.4 Å². The van der Waals surface area contributed by atoms with Crippen LogP contribution < -0.4 is 10.9 Å². The van der Waals surface area contributed by atoms with Gasteiger partial charge in [0.2, 0.25) is 5.91 Å². The van der Waals surface area contributed by atoms with E-state index in [1.807, 2.05) is 6.07 Å². The average Bonchev–Trinajstić information content (AvgIpc) is 3.15. The highest BCUT2D eigenvalue weighted by Crippen LogP contribution is 2.57. The molecule has 0 aromatic heterocycles. The highest BCUT2D eigenvalue weighted by Gasteiger charge is 2.63. The van der Waals surface area contributed by atoms with Gasteiger partial charge in [-0.1, -0.05) is 18.2 Å². The lowest BCUT2D eigenvalue weighted by Gasteiger charge is -2.23. The maximum absolute atomic E-state index is 12.4. The van der Waals surface area contributed by atoms with Crippen molar-refractivity contribution >= 4 is 17.8 Å². The molecular formula is C16H16N2O4. The summed E-state index contributed by atoms with van der Waals surface area (Å²) in [5, 5.41) is 0. The molecule has 1 aliphatic heterocycles. The molecule has 2 bridgehead atoms. The van der Waals surface area contributed by atoms with E-state index in [4.69, 9.17) is 4.74 Å². The molecule has 2 saturated carbocycles. The number of rotatable bonds is 2. The summed E-state index contributed by atoms with van der Waals surface area (Å²) >= 11 is 0. The number of ether oxygens (including phenoxy) is 1. The van der Waals surface area contributed by atoms with Gasteiger partial charge in [-0.15, -0.1) is 0 Å². The second kappa shape index (κ2) is 4.83. The summed E-state index contributed by atoms with van der Waals surface area (Å²) in [5.74, 6) is -1.28. The van der Waals surface area contributed by atoms with Crippen LogP contribution >= 0.6 is 0 Å². The Morgan fingerprint density at radius 3 is 2.64 bits per heavy atom. The van der Waals surface area contributed by atoms with Gasteiger partial charge in [-0.3, -0.25) is 25.2 Å². The lowest BCUT2D eigenvalue weighted by molar-refractivity contribution is -0.146. The Morgan fingerprint density at radius 1 is 1.09 bits per heavy atom. The van der Waals surface area contributed by atoms with Crippen molar-refractivity contribution in [2.24, 2.45) is 23.7 Å². The van der Waals surface area contributed by atoms with Crippen molar-refractivity contribution in [3.05, 3.63) is 35.9 Å². The molecule has 114 valence electrons. The monoisotopic (exact) mass is 300 g/mol. The molecule has 3 fully saturated rings. The molecule has 0 unspecified atom stereocenters. The number of hydrogen-bond donors (Lipinski definition) is 2. The Hall–Kier alpha value is -2.37. The van der Waals surface area contributed by atoms with Gasteiger partial charge in [0.25, 0.3) is 5.91 Å². The number of esters is 1. The van der Waals surface area contributed by atoms with Crippen LogP contribution in [0, 0.1) is 23.7 Å². The number of carbonyl (C=O) groups excluding carboxylic acids is 3. The minimum absolute atomic E-state index is 0.00506. The molecule has 0 spiro atoms. The van der Waals surface area contributed by atoms with Crippen LogP contribution in [0.4, 0.5) is 0 Å². The van der Waals surface area contributed by atoms with Gasteiger partial charge >= 0.3 is 5.97 Å². The van der Waals surface area contributed by atoms with Gasteiger partial charge in [-0.05, 0) is 30.9 Å². The van der Waals surface area contributed by atoms with Crippen molar-refractivity contribution in [1.29, 1.82) is 0 Å². The van der Waals surface area contributed by atoms with E-state index in [1.54, 1.807) is 24.3 Å².